The van der Waals surface area contributed by atoms with Gasteiger partial charge in [0.1, 0.15) is 11.4 Å². The Morgan fingerprint density at radius 2 is 1.77 bits per heavy atom. The predicted molar refractivity (Wildman–Crippen MR) is 69.8 cm³/mol. The zero-order valence-electron chi connectivity index (χ0n) is 11.7. The number of benzene rings is 1. The van der Waals surface area contributed by atoms with Gasteiger partial charge in [0, 0.05) is 19.4 Å². The highest BCUT2D eigenvalue weighted by molar-refractivity contribution is 7.87. The lowest BCUT2D eigenvalue weighted by Crippen LogP contribution is -2.53. The maximum atomic E-state index is 12.2. The number of ketones is 1. The summed E-state index contributed by atoms with van der Waals surface area (Å²) in [6.07, 6.45) is 0.255. The summed E-state index contributed by atoms with van der Waals surface area (Å²) in [5.41, 5.74) is -5.80. The minimum atomic E-state index is -5.69. The topological polar surface area (TPSA) is 69.7 Å². The zero-order valence-corrected chi connectivity index (χ0v) is 12.5. The fraction of sp³-hybridized carbons (Fsp3) is 0.462. The van der Waals surface area contributed by atoms with Gasteiger partial charge in [-0.1, -0.05) is 12.1 Å². The molecule has 2 rings (SSSR count). The van der Waals surface area contributed by atoms with Gasteiger partial charge >= 0.3 is 15.6 Å². The predicted octanol–water partition coefficient (Wildman–Crippen LogP) is 2.38. The molecule has 1 aliphatic carbocycles. The Labute approximate surface area is 125 Å². The molecule has 0 saturated heterocycles. The number of rotatable bonds is 4. The number of Topliss-reactive ketones (excluding diaryl/α,β-unsaturated/α-hetero) is 1. The zero-order chi connectivity index (χ0) is 16.8. The molecule has 2 atom stereocenters. The van der Waals surface area contributed by atoms with Crippen LogP contribution in [0.5, 0.6) is 5.75 Å². The summed E-state index contributed by atoms with van der Waals surface area (Å²) in [7, 11) is -4.29. The largest absolute Gasteiger partial charge is 0.534 e. The second-order valence-corrected chi connectivity index (χ2v) is 6.58. The first kappa shape index (κ1) is 16.8. The third-order valence-electron chi connectivity index (χ3n) is 3.80. The molecule has 0 bridgehead atoms. The summed E-state index contributed by atoms with van der Waals surface area (Å²) >= 11 is 0. The van der Waals surface area contributed by atoms with E-state index in [0.29, 0.717) is 5.56 Å². The Hall–Kier alpha value is -1.61. The summed E-state index contributed by atoms with van der Waals surface area (Å²) in [6, 6.07) is 5.04. The molecule has 0 spiro atoms. The van der Waals surface area contributed by atoms with Crippen LogP contribution in [-0.4, -0.2) is 32.4 Å². The van der Waals surface area contributed by atoms with Crippen LogP contribution >= 0.6 is 0 Å². The Kier molecular flexibility index (Phi) is 3.99. The van der Waals surface area contributed by atoms with Crippen LogP contribution in [0.1, 0.15) is 24.8 Å². The third-order valence-corrected chi connectivity index (χ3v) is 4.78. The van der Waals surface area contributed by atoms with Crippen molar-refractivity contribution in [3.05, 3.63) is 29.8 Å². The summed E-state index contributed by atoms with van der Waals surface area (Å²) in [6.45, 7) is 1.63. The van der Waals surface area contributed by atoms with Crippen LogP contribution < -0.4 is 4.18 Å². The molecule has 0 aromatic heterocycles. The molecule has 0 aliphatic heterocycles. The van der Waals surface area contributed by atoms with E-state index in [1.165, 1.54) is 19.2 Å². The molecule has 1 aromatic carbocycles. The van der Waals surface area contributed by atoms with E-state index in [9.17, 15) is 26.4 Å². The number of methoxy groups -OCH3 is 1. The Bertz CT molecular complexity index is 681. The second-order valence-electron chi connectivity index (χ2n) is 5.04. The van der Waals surface area contributed by atoms with Crippen molar-refractivity contribution in [1.29, 1.82) is 0 Å². The molecule has 0 unspecified atom stereocenters. The van der Waals surface area contributed by atoms with E-state index in [-0.39, 0.29) is 18.1 Å². The summed E-state index contributed by atoms with van der Waals surface area (Å²) < 4.78 is 67.6. The van der Waals surface area contributed by atoms with Crippen LogP contribution in [0.15, 0.2) is 24.3 Å². The molecule has 1 fully saturated rings. The fourth-order valence-electron chi connectivity index (χ4n) is 2.27. The van der Waals surface area contributed by atoms with Crippen LogP contribution in [0.3, 0.4) is 0 Å². The Morgan fingerprint density at radius 3 is 2.18 bits per heavy atom. The number of carbonyl (C=O) groups is 1. The van der Waals surface area contributed by atoms with E-state index in [1.807, 2.05) is 0 Å². The first-order valence-electron chi connectivity index (χ1n) is 6.20. The van der Waals surface area contributed by atoms with Gasteiger partial charge in [-0.25, -0.2) is 0 Å². The van der Waals surface area contributed by atoms with E-state index < -0.39 is 27.0 Å². The standard InChI is InChI=1S/C13H13F3O5S/c1-12(20-2)10(7-11(12)17)8-3-5-9(6-4-8)21-22(18,19)13(14,15)16/h3-6,10H,7H2,1-2H3/t10-,12-/m1/s1. The molecule has 5 nitrogen and oxygen atoms in total. The highest BCUT2D eigenvalue weighted by Crippen LogP contribution is 2.45. The SMILES string of the molecule is CO[C@@]1(C)C(=O)C[C@@H]1c1ccc(OS(=O)(=O)C(F)(F)F)cc1. The number of halogens is 3. The number of alkyl halides is 3. The van der Waals surface area contributed by atoms with Crippen LogP contribution in [0, 0.1) is 0 Å². The van der Waals surface area contributed by atoms with Gasteiger partial charge in [-0.2, -0.15) is 21.6 Å². The van der Waals surface area contributed by atoms with Gasteiger partial charge in [-0.15, -0.1) is 0 Å². The van der Waals surface area contributed by atoms with E-state index in [2.05, 4.69) is 4.18 Å². The summed E-state index contributed by atoms with van der Waals surface area (Å²) in [5, 5.41) is 0. The van der Waals surface area contributed by atoms with Crippen molar-refractivity contribution in [1.82, 2.24) is 0 Å². The van der Waals surface area contributed by atoms with Crippen molar-refractivity contribution >= 4 is 15.9 Å². The van der Waals surface area contributed by atoms with Crippen LogP contribution in [0.2, 0.25) is 0 Å². The lowest BCUT2D eigenvalue weighted by Gasteiger charge is -2.44. The molecule has 1 saturated carbocycles. The van der Waals surface area contributed by atoms with Gasteiger partial charge in [0.2, 0.25) is 0 Å². The lowest BCUT2D eigenvalue weighted by atomic mass is 9.66. The lowest BCUT2D eigenvalue weighted by molar-refractivity contribution is -0.157. The number of hydrogen-bond donors (Lipinski definition) is 0. The van der Waals surface area contributed by atoms with E-state index >= 15 is 0 Å². The first-order valence-corrected chi connectivity index (χ1v) is 7.61. The van der Waals surface area contributed by atoms with Crippen molar-refractivity contribution in [2.24, 2.45) is 0 Å². The summed E-state index contributed by atoms with van der Waals surface area (Å²) in [5.74, 6) is -0.760. The van der Waals surface area contributed by atoms with E-state index in [4.69, 9.17) is 4.74 Å². The molecule has 122 valence electrons. The van der Waals surface area contributed by atoms with Crippen molar-refractivity contribution in [2.45, 2.75) is 30.4 Å². The fourth-order valence-corrected chi connectivity index (χ4v) is 2.73. The van der Waals surface area contributed by atoms with Gasteiger partial charge in [-0.05, 0) is 24.6 Å². The molecule has 0 heterocycles. The van der Waals surface area contributed by atoms with Crippen molar-refractivity contribution in [2.75, 3.05) is 7.11 Å². The van der Waals surface area contributed by atoms with Crippen LogP contribution in [0.25, 0.3) is 0 Å². The normalized spacial score (nSPS) is 25.7. The molecular weight excluding hydrogens is 325 g/mol. The Morgan fingerprint density at radius 1 is 1.23 bits per heavy atom. The van der Waals surface area contributed by atoms with E-state index in [0.717, 1.165) is 12.1 Å². The third kappa shape index (κ3) is 2.70. The molecule has 0 N–H and O–H groups in total. The molecule has 9 heteroatoms. The molecule has 22 heavy (non-hydrogen) atoms. The molecule has 0 radical (unpaired) electrons. The number of ether oxygens (including phenoxy) is 1. The average Bonchev–Trinajstić information content (AvgIpc) is 2.43. The Balaban J connectivity index is 2.17. The minimum absolute atomic E-state index is 0.0695. The van der Waals surface area contributed by atoms with Gasteiger partial charge in [0.25, 0.3) is 0 Å². The average molecular weight is 338 g/mol. The van der Waals surface area contributed by atoms with Gasteiger partial charge in [0.15, 0.2) is 5.78 Å². The quantitative estimate of drug-likeness (QED) is 0.623. The van der Waals surface area contributed by atoms with Crippen molar-refractivity contribution in [3.63, 3.8) is 0 Å². The van der Waals surface area contributed by atoms with Crippen molar-refractivity contribution in [3.8, 4) is 5.75 Å². The molecule has 1 aromatic rings. The molecule has 1 aliphatic rings. The first-order chi connectivity index (χ1) is 10.0. The number of carbonyl (C=O) groups excluding carboxylic acids is 1. The van der Waals surface area contributed by atoms with E-state index in [1.54, 1.807) is 6.92 Å². The smallest absolute Gasteiger partial charge is 0.376 e. The summed E-state index contributed by atoms with van der Waals surface area (Å²) in [4.78, 5) is 11.6. The number of hydrogen-bond acceptors (Lipinski definition) is 5. The minimum Gasteiger partial charge on any atom is -0.376 e. The molecule has 0 amide bonds. The van der Waals surface area contributed by atoms with Crippen LogP contribution in [0.4, 0.5) is 13.2 Å². The maximum Gasteiger partial charge on any atom is 0.534 e. The molecular formula is C13H13F3O5S. The highest BCUT2D eigenvalue weighted by Gasteiger charge is 2.52. The second kappa shape index (κ2) is 5.24. The van der Waals surface area contributed by atoms with Crippen molar-refractivity contribution < 1.29 is 35.3 Å². The monoisotopic (exact) mass is 338 g/mol. The van der Waals surface area contributed by atoms with Gasteiger partial charge < -0.3 is 8.92 Å². The van der Waals surface area contributed by atoms with Crippen LogP contribution in [-0.2, 0) is 19.6 Å². The van der Waals surface area contributed by atoms with Gasteiger partial charge in [0.05, 0.1) is 0 Å². The maximum absolute atomic E-state index is 12.2. The van der Waals surface area contributed by atoms with Gasteiger partial charge in [-0.3, -0.25) is 4.79 Å². The highest BCUT2D eigenvalue weighted by atomic mass is 32.2.